The van der Waals surface area contributed by atoms with E-state index in [0.717, 1.165) is 46.2 Å². The monoisotopic (exact) mass is 881 g/mol. The Balaban J connectivity index is 1.49. The molecule has 62 heavy (non-hydrogen) atoms. The van der Waals surface area contributed by atoms with Gasteiger partial charge in [0.2, 0.25) is 29.5 Å². The number of anilines is 1. The second kappa shape index (κ2) is 19.3. The normalized spacial score (nSPS) is 26.2. The number of aliphatic hydroxyl groups excluding tert-OH is 1. The van der Waals surface area contributed by atoms with Gasteiger partial charge < -0.3 is 50.5 Å². The third-order valence-electron chi connectivity index (χ3n) is 10.8. The molecule has 7 amide bonds. The lowest BCUT2D eigenvalue weighted by atomic mass is 10.0. The van der Waals surface area contributed by atoms with Crippen LogP contribution in [0.2, 0.25) is 0 Å². The van der Waals surface area contributed by atoms with Gasteiger partial charge in [0.15, 0.2) is 0 Å². The summed E-state index contributed by atoms with van der Waals surface area (Å²) in [6.07, 6.45) is -8.05. The van der Waals surface area contributed by atoms with Gasteiger partial charge in [-0.05, 0) is 87.9 Å². The summed E-state index contributed by atoms with van der Waals surface area (Å²) in [5, 5.41) is 20.4. The molecule has 5 N–H and O–H groups in total. The molecule has 5 rings (SSSR count). The second-order valence-corrected chi connectivity index (χ2v) is 15.7. The van der Waals surface area contributed by atoms with Crippen molar-refractivity contribution < 1.29 is 70.1 Å². The van der Waals surface area contributed by atoms with Crippen molar-refractivity contribution in [3.05, 3.63) is 59.7 Å². The summed E-state index contributed by atoms with van der Waals surface area (Å²) >= 11 is 0. The summed E-state index contributed by atoms with van der Waals surface area (Å²) in [5.74, 6) is -8.21. The molecular weight excluding hydrogens is 833 g/mol. The Bertz CT molecular complexity index is 2020. The van der Waals surface area contributed by atoms with E-state index >= 15 is 0 Å². The van der Waals surface area contributed by atoms with E-state index in [1.165, 1.54) is 32.7 Å². The largest absolute Gasteiger partial charge is 0.573 e. The fourth-order valence-electron chi connectivity index (χ4n) is 7.88. The molecule has 22 heteroatoms. The Hall–Kier alpha value is -6.06. The number of urea groups is 1. The molecule has 3 fully saturated rings. The first-order valence-corrected chi connectivity index (χ1v) is 19.8. The number of carbonyl (C=O) groups is 7. The van der Waals surface area contributed by atoms with Gasteiger partial charge in [-0.25, -0.2) is 18.4 Å². The highest BCUT2D eigenvalue weighted by molar-refractivity contribution is 5.98. The molecule has 0 aliphatic carbocycles. The molecule has 0 bridgehead atoms. The van der Waals surface area contributed by atoms with E-state index in [1.54, 1.807) is 6.92 Å². The van der Waals surface area contributed by atoms with Crippen LogP contribution in [0.1, 0.15) is 52.5 Å². The number of halogens is 5. The van der Waals surface area contributed by atoms with Gasteiger partial charge in [0.1, 0.15) is 59.7 Å². The van der Waals surface area contributed by atoms with Crippen LogP contribution in [-0.2, 0) is 39.9 Å². The van der Waals surface area contributed by atoms with Crippen molar-refractivity contribution in [2.75, 3.05) is 25.5 Å². The summed E-state index contributed by atoms with van der Waals surface area (Å²) in [4.78, 5) is 101. The van der Waals surface area contributed by atoms with Crippen LogP contribution in [0.25, 0.3) is 0 Å². The van der Waals surface area contributed by atoms with Gasteiger partial charge in [-0.1, -0.05) is 6.92 Å². The van der Waals surface area contributed by atoms with Gasteiger partial charge in [0, 0.05) is 38.3 Å². The third-order valence-corrected chi connectivity index (χ3v) is 10.8. The van der Waals surface area contributed by atoms with Crippen LogP contribution in [0, 0.1) is 17.6 Å². The average Bonchev–Trinajstić information content (AvgIpc) is 3.82. The van der Waals surface area contributed by atoms with Crippen molar-refractivity contribution >= 4 is 47.2 Å². The van der Waals surface area contributed by atoms with Gasteiger partial charge in [-0.2, -0.15) is 0 Å². The van der Waals surface area contributed by atoms with Crippen molar-refractivity contribution in [2.24, 2.45) is 5.92 Å². The molecule has 2 aromatic carbocycles. The third kappa shape index (κ3) is 11.4. The first-order valence-electron chi connectivity index (χ1n) is 19.8. The maximum Gasteiger partial charge on any atom is 0.573 e. The van der Waals surface area contributed by atoms with E-state index in [-0.39, 0.29) is 49.5 Å². The number of aliphatic hydroxyl groups is 1. The lowest BCUT2D eigenvalue weighted by Crippen LogP contribution is -2.63. The van der Waals surface area contributed by atoms with E-state index in [2.05, 4.69) is 26.0 Å². The van der Waals surface area contributed by atoms with Gasteiger partial charge in [-0.15, -0.1) is 13.2 Å². The lowest BCUT2D eigenvalue weighted by molar-refractivity contribution is -0.274. The predicted octanol–water partition coefficient (Wildman–Crippen LogP) is 1.97. The highest BCUT2D eigenvalue weighted by Crippen LogP contribution is 2.28. The van der Waals surface area contributed by atoms with Crippen LogP contribution in [-0.4, -0.2) is 136 Å². The SMILES string of the molecule is C[C@@H]1C[C@H]2C(=O)O[C@@H](C)[C@H](NC(=O)[C@H](Cc3cc(F)cc(F)c3)NC(=O)Nc3ccc(OC(F)(F)F)cc3)C(=O)N3CCC[C@H]3C(=O)N(C)[C@@H]([C@@H](C)O)C(=O)N[C@@H](C)C(=O)N2C1. The number of nitrogens with one attached hydrogen (secondary N) is 4. The Labute approximate surface area is 352 Å². The Kier molecular flexibility index (Phi) is 14.7. The number of hydrogen-bond acceptors (Lipinski definition) is 10. The predicted molar refractivity (Wildman–Crippen MR) is 206 cm³/mol. The molecular formula is C40H48F5N7O10. The van der Waals surface area contributed by atoms with Crippen LogP contribution in [0.4, 0.5) is 32.4 Å². The minimum atomic E-state index is -4.99. The number of likely N-dealkylation sites (N-methyl/N-ethyl adjacent to an activating group) is 1. The van der Waals surface area contributed by atoms with Crippen molar-refractivity contribution in [3.8, 4) is 5.75 Å². The molecule has 0 saturated carbocycles. The molecule has 0 spiro atoms. The van der Waals surface area contributed by atoms with Gasteiger partial charge >= 0.3 is 18.4 Å². The van der Waals surface area contributed by atoms with Crippen molar-refractivity contribution in [1.29, 1.82) is 0 Å². The molecule has 17 nitrogen and oxygen atoms in total. The number of rotatable bonds is 8. The number of fused-ring (bicyclic) bond motifs is 2. The molecule has 3 heterocycles. The molecule has 0 aromatic heterocycles. The molecule has 3 aliphatic rings. The van der Waals surface area contributed by atoms with E-state index < -0.39 is 120 Å². The van der Waals surface area contributed by atoms with Crippen LogP contribution < -0.4 is 26.0 Å². The molecule has 0 radical (unpaired) electrons. The number of amides is 7. The second-order valence-electron chi connectivity index (χ2n) is 15.7. The molecule has 338 valence electrons. The quantitative estimate of drug-likeness (QED) is 0.192. The zero-order valence-electron chi connectivity index (χ0n) is 34.3. The number of nitrogens with zero attached hydrogens (tertiary/aromatic N) is 3. The molecule has 9 atom stereocenters. The molecule has 3 aliphatic heterocycles. The first-order chi connectivity index (χ1) is 29.0. The summed E-state index contributed by atoms with van der Waals surface area (Å²) < 4.78 is 76.2. The first kappa shape index (κ1) is 47.0. The van der Waals surface area contributed by atoms with Crippen molar-refractivity contribution in [3.63, 3.8) is 0 Å². The smallest absolute Gasteiger partial charge is 0.458 e. The number of alkyl halides is 3. The average molecular weight is 882 g/mol. The Morgan fingerprint density at radius 3 is 2.21 bits per heavy atom. The number of hydrogen-bond donors (Lipinski definition) is 5. The van der Waals surface area contributed by atoms with E-state index in [4.69, 9.17) is 4.74 Å². The zero-order chi connectivity index (χ0) is 45.8. The molecule has 3 saturated heterocycles. The van der Waals surface area contributed by atoms with Gasteiger partial charge in [0.05, 0.1) is 6.10 Å². The van der Waals surface area contributed by atoms with Gasteiger partial charge in [-0.3, -0.25) is 24.0 Å². The number of benzene rings is 2. The lowest BCUT2D eigenvalue weighted by Gasteiger charge is -2.37. The van der Waals surface area contributed by atoms with Crippen molar-refractivity contribution in [2.45, 2.75) is 108 Å². The summed E-state index contributed by atoms with van der Waals surface area (Å²) in [7, 11) is 1.25. The highest BCUT2D eigenvalue weighted by atomic mass is 19.4. The minimum absolute atomic E-state index is 0.0411. The van der Waals surface area contributed by atoms with Crippen LogP contribution in [0.3, 0.4) is 0 Å². The van der Waals surface area contributed by atoms with Crippen LogP contribution in [0.15, 0.2) is 42.5 Å². The molecule has 2 aromatic rings. The summed E-state index contributed by atoms with van der Waals surface area (Å²) in [6.45, 7) is 5.75. The van der Waals surface area contributed by atoms with Crippen molar-refractivity contribution in [1.82, 2.24) is 30.7 Å². The minimum Gasteiger partial charge on any atom is -0.458 e. The Morgan fingerprint density at radius 1 is 0.952 bits per heavy atom. The van der Waals surface area contributed by atoms with Crippen LogP contribution in [0.5, 0.6) is 5.75 Å². The fraction of sp³-hybridized carbons (Fsp3) is 0.525. The number of carbonyl (C=O) groups excluding carboxylic acids is 7. The number of esters is 1. The topological polar surface area (TPSA) is 216 Å². The van der Waals surface area contributed by atoms with E-state index in [0.29, 0.717) is 6.07 Å². The summed E-state index contributed by atoms with van der Waals surface area (Å²) in [6, 6.07) is -3.54. The Morgan fingerprint density at radius 2 is 1.60 bits per heavy atom. The zero-order valence-corrected chi connectivity index (χ0v) is 34.3. The molecule has 0 unspecified atom stereocenters. The van der Waals surface area contributed by atoms with E-state index in [1.807, 2.05) is 0 Å². The fourth-order valence-corrected chi connectivity index (χ4v) is 7.88. The van der Waals surface area contributed by atoms with E-state index in [9.17, 15) is 60.6 Å². The highest BCUT2D eigenvalue weighted by Gasteiger charge is 2.47. The number of cyclic esters (lactones) is 1. The standard InChI is InChI=1S/C40H48F5N7O10/c1-19-13-30-38(59)61-22(4)31(37(58)51-12-6-7-29(51)36(57)50(5)32(21(3)53)34(55)46-20(2)35(56)52(30)18-19)49-33(54)28(16-23-14-24(41)17-25(42)15-23)48-39(60)47-26-8-10-27(11-9-26)62-40(43,44)45/h8-11,14-15,17,19-22,28-32,53H,6-7,12-13,16,18H2,1-5H3,(H,46,55)(H,49,54)(H2,47,48,60)/t19-,20+,21-,22+,28+,29+,30+,31+,32+/m1/s1. The van der Waals surface area contributed by atoms with Gasteiger partial charge in [0.25, 0.3) is 0 Å². The van der Waals surface area contributed by atoms with Crippen LogP contribution >= 0.6 is 0 Å². The maximum atomic E-state index is 14.6. The number of ether oxygens (including phenoxy) is 2. The maximum absolute atomic E-state index is 14.6. The summed E-state index contributed by atoms with van der Waals surface area (Å²) in [5.41, 5.74) is -0.186.